The molecular formula is C10H10BrF2NO3. The van der Waals surface area contributed by atoms with Gasteiger partial charge in [-0.2, -0.15) is 0 Å². The number of aromatic nitrogens is 1. The first kappa shape index (κ1) is 13.8. The summed E-state index contributed by atoms with van der Waals surface area (Å²) in [6.07, 6.45) is -3.05. The van der Waals surface area contributed by atoms with Gasteiger partial charge in [-0.3, -0.25) is 4.79 Å². The number of carbonyl (C=O) groups excluding carboxylic acids is 1. The number of alkyl halides is 2. The van der Waals surface area contributed by atoms with Crippen molar-refractivity contribution in [3.63, 3.8) is 0 Å². The summed E-state index contributed by atoms with van der Waals surface area (Å²) in [7, 11) is 0. The van der Waals surface area contributed by atoms with Crippen LogP contribution >= 0.6 is 15.9 Å². The maximum atomic E-state index is 12.5. The van der Waals surface area contributed by atoms with Gasteiger partial charge < -0.3 is 9.84 Å². The third-order valence-corrected chi connectivity index (χ3v) is 2.47. The lowest BCUT2D eigenvalue weighted by Crippen LogP contribution is -2.08. The summed E-state index contributed by atoms with van der Waals surface area (Å²) in [5, 5.41) is 9.56. The number of aromatic hydroxyl groups is 1. The van der Waals surface area contributed by atoms with E-state index in [0.717, 1.165) is 6.07 Å². The Bertz CT molecular complexity index is 426. The molecule has 17 heavy (non-hydrogen) atoms. The van der Waals surface area contributed by atoms with Crippen LogP contribution < -0.4 is 0 Å². The van der Waals surface area contributed by atoms with Gasteiger partial charge in [-0.25, -0.2) is 13.8 Å². The molecule has 0 atom stereocenters. The van der Waals surface area contributed by atoms with Crippen LogP contribution in [0.3, 0.4) is 0 Å². The van der Waals surface area contributed by atoms with Crippen molar-refractivity contribution in [3.05, 3.63) is 21.9 Å². The molecule has 0 radical (unpaired) electrons. The Balaban J connectivity index is 3.01. The third-order valence-electron chi connectivity index (χ3n) is 1.91. The molecule has 1 rings (SSSR count). The van der Waals surface area contributed by atoms with E-state index in [1.165, 1.54) is 0 Å². The highest BCUT2D eigenvalue weighted by Gasteiger charge is 2.18. The maximum Gasteiger partial charge on any atom is 0.310 e. The number of pyridine rings is 1. The van der Waals surface area contributed by atoms with E-state index < -0.39 is 18.1 Å². The van der Waals surface area contributed by atoms with E-state index >= 15 is 0 Å². The van der Waals surface area contributed by atoms with Crippen LogP contribution in [0.4, 0.5) is 8.78 Å². The second-order valence-corrected chi connectivity index (χ2v) is 3.88. The number of hydrogen-bond acceptors (Lipinski definition) is 4. The van der Waals surface area contributed by atoms with Gasteiger partial charge in [0.05, 0.1) is 13.0 Å². The average Bonchev–Trinajstić information content (AvgIpc) is 2.24. The van der Waals surface area contributed by atoms with Crippen molar-refractivity contribution in [2.45, 2.75) is 19.8 Å². The van der Waals surface area contributed by atoms with Gasteiger partial charge in [0.2, 0.25) is 0 Å². The topological polar surface area (TPSA) is 59.4 Å². The highest BCUT2D eigenvalue weighted by Crippen LogP contribution is 2.30. The average molecular weight is 310 g/mol. The predicted octanol–water partition coefficient (Wildman–Crippen LogP) is 2.59. The molecule has 0 aromatic carbocycles. The lowest BCUT2D eigenvalue weighted by Gasteiger charge is -2.08. The number of nitrogens with zero attached hydrogens (tertiary/aromatic N) is 1. The third kappa shape index (κ3) is 3.62. The van der Waals surface area contributed by atoms with Crippen molar-refractivity contribution in [2.75, 3.05) is 6.61 Å². The summed E-state index contributed by atoms with van der Waals surface area (Å²) >= 11 is 2.85. The Morgan fingerprint density at radius 3 is 2.82 bits per heavy atom. The number of hydrogen-bond donors (Lipinski definition) is 1. The Kier molecular flexibility index (Phi) is 4.80. The minimum absolute atomic E-state index is 0.0561. The van der Waals surface area contributed by atoms with Crippen molar-refractivity contribution in [2.24, 2.45) is 0 Å². The molecule has 0 aliphatic rings. The smallest absolute Gasteiger partial charge is 0.310 e. The molecule has 94 valence electrons. The number of esters is 1. The van der Waals surface area contributed by atoms with Gasteiger partial charge in [-0.05, 0) is 28.9 Å². The second kappa shape index (κ2) is 5.90. The summed E-state index contributed by atoms with van der Waals surface area (Å²) in [5.41, 5.74) is -0.449. The highest BCUT2D eigenvalue weighted by molar-refractivity contribution is 9.10. The minimum atomic E-state index is -2.77. The number of halogens is 3. The molecule has 0 bridgehead atoms. The van der Waals surface area contributed by atoms with Crippen molar-refractivity contribution < 1.29 is 23.4 Å². The van der Waals surface area contributed by atoms with Gasteiger partial charge in [-0.1, -0.05) is 0 Å². The van der Waals surface area contributed by atoms with Crippen LogP contribution in [0.5, 0.6) is 5.75 Å². The largest absolute Gasteiger partial charge is 0.505 e. The van der Waals surface area contributed by atoms with E-state index in [1.54, 1.807) is 6.92 Å². The van der Waals surface area contributed by atoms with Crippen LogP contribution in [0.2, 0.25) is 0 Å². The van der Waals surface area contributed by atoms with Gasteiger partial charge in [0.15, 0.2) is 5.75 Å². The zero-order valence-corrected chi connectivity index (χ0v) is 10.5. The lowest BCUT2D eigenvalue weighted by molar-refractivity contribution is -0.142. The predicted molar refractivity (Wildman–Crippen MR) is 58.9 cm³/mol. The van der Waals surface area contributed by atoms with E-state index in [0.29, 0.717) is 0 Å². The molecule has 0 saturated carbocycles. The van der Waals surface area contributed by atoms with Crippen LogP contribution in [-0.4, -0.2) is 22.7 Å². The summed E-state index contributed by atoms with van der Waals surface area (Å²) in [5.74, 6) is -0.927. The SMILES string of the molecule is CCOC(=O)Cc1cc(C(F)F)nc(Br)c1O. The van der Waals surface area contributed by atoms with Gasteiger partial charge in [0, 0.05) is 5.56 Å². The molecule has 0 aliphatic carbocycles. The monoisotopic (exact) mass is 309 g/mol. The first-order valence-electron chi connectivity index (χ1n) is 4.77. The van der Waals surface area contributed by atoms with E-state index in [9.17, 15) is 18.7 Å². The van der Waals surface area contributed by atoms with E-state index in [4.69, 9.17) is 0 Å². The fraction of sp³-hybridized carbons (Fsp3) is 0.400. The quantitative estimate of drug-likeness (QED) is 0.686. The number of carbonyl (C=O) groups is 1. The van der Waals surface area contributed by atoms with Gasteiger partial charge in [0.1, 0.15) is 10.3 Å². The van der Waals surface area contributed by atoms with Gasteiger partial charge >= 0.3 is 5.97 Å². The number of rotatable bonds is 4. The fourth-order valence-corrected chi connectivity index (χ4v) is 1.65. The molecule has 0 amide bonds. The molecule has 0 unspecified atom stereocenters. The van der Waals surface area contributed by atoms with Crippen molar-refractivity contribution in [3.8, 4) is 5.75 Å². The number of ether oxygens (including phenoxy) is 1. The zero-order chi connectivity index (χ0) is 13.0. The molecule has 0 aliphatic heterocycles. The van der Waals surface area contributed by atoms with Gasteiger partial charge in [-0.15, -0.1) is 0 Å². The molecule has 0 spiro atoms. The summed E-state index contributed by atoms with van der Waals surface area (Å²) < 4.78 is 29.5. The Morgan fingerprint density at radius 1 is 1.65 bits per heavy atom. The molecule has 1 N–H and O–H groups in total. The molecule has 4 nitrogen and oxygen atoms in total. The van der Waals surface area contributed by atoms with Crippen LogP contribution in [0.1, 0.15) is 24.6 Å². The van der Waals surface area contributed by atoms with Crippen LogP contribution in [0.15, 0.2) is 10.7 Å². The molecule has 7 heteroatoms. The fourth-order valence-electron chi connectivity index (χ4n) is 1.19. The zero-order valence-electron chi connectivity index (χ0n) is 8.91. The molecular weight excluding hydrogens is 300 g/mol. The standard InChI is InChI=1S/C10H10BrF2NO3/c1-2-17-7(15)4-5-3-6(10(12)13)14-9(11)8(5)16/h3,10,16H,2,4H2,1H3. The molecule has 0 saturated heterocycles. The Morgan fingerprint density at radius 2 is 2.29 bits per heavy atom. The van der Waals surface area contributed by atoms with Crippen molar-refractivity contribution in [1.29, 1.82) is 0 Å². The van der Waals surface area contributed by atoms with E-state index in [-0.39, 0.29) is 28.9 Å². The van der Waals surface area contributed by atoms with Gasteiger partial charge in [0.25, 0.3) is 6.43 Å². The Labute approximate surface area is 105 Å². The summed E-state index contributed by atoms with van der Waals surface area (Å²) in [6, 6.07) is 0.988. The second-order valence-electron chi connectivity index (χ2n) is 3.13. The Hall–Kier alpha value is -1.24. The first-order chi connectivity index (χ1) is 7.95. The van der Waals surface area contributed by atoms with Crippen LogP contribution in [-0.2, 0) is 16.0 Å². The molecule has 1 heterocycles. The lowest BCUT2D eigenvalue weighted by atomic mass is 10.1. The summed E-state index contributed by atoms with van der Waals surface area (Å²) in [4.78, 5) is 14.7. The highest BCUT2D eigenvalue weighted by atomic mass is 79.9. The minimum Gasteiger partial charge on any atom is -0.505 e. The summed E-state index contributed by atoms with van der Waals surface area (Å²) in [6.45, 7) is 1.82. The van der Waals surface area contributed by atoms with Crippen LogP contribution in [0.25, 0.3) is 0 Å². The maximum absolute atomic E-state index is 12.5. The molecule has 1 aromatic rings. The van der Waals surface area contributed by atoms with E-state index in [1.807, 2.05) is 0 Å². The van der Waals surface area contributed by atoms with Crippen molar-refractivity contribution in [1.82, 2.24) is 4.98 Å². The van der Waals surface area contributed by atoms with Crippen molar-refractivity contribution >= 4 is 21.9 Å². The van der Waals surface area contributed by atoms with E-state index in [2.05, 4.69) is 25.7 Å². The first-order valence-corrected chi connectivity index (χ1v) is 5.57. The molecule has 1 aromatic heterocycles. The molecule has 0 fully saturated rings. The van der Waals surface area contributed by atoms with Crippen LogP contribution in [0, 0.1) is 0 Å². The normalized spacial score (nSPS) is 10.6.